The lowest BCUT2D eigenvalue weighted by molar-refractivity contribution is 0.0670. The van der Waals surface area contributed by atoms with E-state index in [9.17, 15) is 4.79 Å². The van der Waals surface area contributed by atoms with Crippen LogP contribution in [-0.4, -0.2) is 41.6 Å². The number of hydrogen-bond donors (Lipinski definition) is 1. The van der Waals surface area contributed by atoms with Crippen molar-refractivity contribution in [2.24, 2.45) is 0 Å². The summed E-state index contributed by atoms with van der Waals surface area (Å²) in [6, 6.07) is 17.4. The summed E-state index contributed by atoms with van der Waals surface area (Å²) in [7, 11) is 0. The van der Waals surface area contributed by atoms with E-state index >= 15 is 0 Å². The molecule has 0 spiro atoms. The molecule has 1 aliphatic heterocycles. The zero-order valence-corrected chi connectivity index (χ0v) is 16.3. The minimum atomic E-state index is -0.124. The second-order valence-electron chi connectivity index (χ2n) is 7.07. The predicted octanol–water partition coefficient (Wildman–Crippen LogP) is 3.40. The molecule has 1 fully saturated rings. The van der Waals surface area contributed by atoms with Gasteiger partial charge in [-0.2, -0.15) is 5.10 Å². The van der Waals surface area contributed by atoms with E-state index in [0.29, 0.717) is 24.5 Å². The van der Waals surface area contributed by atoms with Crippen LogP contribution in [0.2, 0.25) is 0 Å². The highest BCUT2D eigenvalue weighted by Crippen LogP contribution is 2.20. The van der Waals surface area contributed by atoms with E-state index < -0.39 is 0 Å². The number of rotatable bonds is 8. The van der Waals surface area contributed by atoms with Crippen molar-refractivity contribution in [3.63, 3.8) is 0 Å². The van der Waals surface area contributed by atoms with Gasteiger partial charge in [0.05, 0.1) is 17.4 Å². The van der Waals surface area contributed by atoms with Gasteiger partial charge in [-0.15, -0.1) is 0 Å². The number of para-hydroxylation sites is 1. The van der Waals surface area contributed by atoms with E-state index in [2.05, 4.69) is 22.5 Å². The highest BCUT2D eigenvalue weighted by Gasteiger charge is 2.18. The van der Waals surface area contributed by atoms with Gasteiger partial charge >= 0.3 is 0 Å². The van der Waals surface area contributed by atoms with Crippen molar-refractivity contribution in [1.29, 1.82) is 0 Å². The molecule has 29 heavy (non-hydrogen) atoms. The Hall–Kier alpha value is -3.12. The van der Waals surface area contributed by atoms with Gasteiger partial charge in [0.2, 0.25) is 0 Å². The van der Waals surface area contributed by atoms with Crippen molar-refractivity contribution in [3.8, 4) is 11.4 Å². The Kier molecular flexibility index (Phi) is 6.22. The minimum Gasteiger partial charge on any atom is -0.490 e. The Morgan fingerprint density at radius 2 is 2.03 bits per heavy atom. The molecule has 0 bridgehead atoms. The summed E-state index contributed by atoms with van der Waals surface area (Å²) in [5.41, 5.74) is 2.73. The fourth-order valence-corrected chi connectivity index (χ4v) is 3.39. The van der Waals surface area contributed by atoms with Crippen molar-refractivity contribution < 1.29 is 14.3 Å². The average molecular weight is 391 g/mol. The molecule has 0 saturated carbocycles. The molecule has 4 rings (SSSR count). The molecular formula is C23H25N3O3. The summed E-state index contributed by atoms with van der Waals surface area (Å²) in [5.74, 6) is 0.477. The van der Waals surface area contributed by atoms with Crippen molar-refractivity contribution in [1.82, 2.24) is 15.1 Å². The lowest BCUT2D eigenvalue weighted by atomic mass is 10.1. The smallest absolute Gasteiger partial charge is 0.255 e. The van der Waals surface area contributed by atoms with Crippen LogP contribution in [0.5, 0.6) is 5.75 Å². The number of hydrogen-bond acceptors (Lipinski definition) is 4. The number of carbonyl (C=O) groups excluding carboxylic acids is 1. The first kappa shape index (κ1) is 19.2. The Morgan fingerprint density at radius 3 is 2.79 bits per heavy atom. The monoisotopic (exact) mass is 391 g/mol. The van der Waals surface area contributed by atoms with E-state index in [-0.39, 0.29) is 12.0 Å². The first-order valence-electron chi connectivity index (χ1n) is 10.0. The van der Waals surface area contributed by atoms with E-state index in [0.717, 1.165) is 37.1 Å². The molecular weight excluding hydrogens is 366 g/mol. The number of benzene rings is 2. The van der Waals surface area contributed by atoms with Crippen molar-refractivity contribution in [2.75, 3.05) is 19.8 Å². The van der Waals surface area contributed by atoms with Crippen LogP contribution in [0, 0.1) is 0 Å². The van der Waals surface area contributed by atoms with Gasteiger partial charge in [-0.3, -0.25) is 4.79 Å². The number of nitrogens with one attached hydrogen (secondary N) is 1. The molecule has 2 heterocycles. The van der Waals surface area contributed by atoms with Crippen LogP contribution in [0.15, 0.2) is 67.0 Å². The summed E-state index contributed by atoms with van der Waals surface area (Å²) in [4.78, 5) is 12.6. The highest BCUT2D eigenvalue weighted by molar-refractivity contribution is 5.96. The number of carbonyl (C=O) groups is 1. The topological polar surface area (TPSA) is 65.4 Å². The van der Waals surface area contributed by atoms with Crippen molar-refractivity contribution >= 4 is 5.91 Å². The van der Waals surface area contributed by atoms with Crippen LogP contribution < -0.4 is 10.1 Å². The largest absolute Gasteiger partial charge is 0.490 e. The molecule has 0 aliphatic carbocycles. The maximum absolute atomic E-state index is 12.6. The van der Waals surface area contributed by atoms with Gasteiger partial charge in [0.1, 0.15) is 12.4 Å². The van der Waals surface area contributed by atoms with Crippen LogP contribution in [0.3, 0.4) is 0 Å². The van der Waals surface area contributed by atoms with Crippen LogP contribution in [0.1, 0.15) is 28.8 Å². The molecule has 1 aromatic heterocycles. The van der Waals surface area contributed by atoms with E-state index in [1.807, 2.05) is 47.3 Å². The number of nitrogens with zero attached hydrogens (tertiary/aromatic N) is 2. The molecule has 0 radical (unpaired) electrons. The standard InChI is InChI=1S/C23H25N3O3/c27-23(21-6-1-2-7-22(21)29-17-20-5-3-16-28-20)24-14-12-18-8-10-19(11-9-18)26-15-4-13-25-26/h1-2,4,6-11,13,15,20H,3,5,12,14,16-17H2,(H,24,27)/t20-/m1/s1. The summed E-state index contributed by atoms with van der Waals surface area (Å²) in [6.45, 7) is 1.83. The van der Waals surface area contributed by atoms with E-state index in [1.165, 1.54) is 0 Å². The van der Waals surface area contributed by atoms with Gasteiger partial charge in [0.25, 0.3) is 5.91 Å². The van der Waals surface area contributed by atoms with Crippen LogP contribution >= 0.6 is 0 Å². The fraction of sp³-hybridized carbons (Fsp3) is 0.304. The van der Waals surface area contributed by atoms with E-state index in [4.69, 9.17) is 9.47 Å². The average Bonchev–Trinajstić information content (AvgIpc) is 3.47. The number of ether oxygens (including phenoxy) is 2. The molecule has 6 heteroatoms. The number of aromatic nitrogens is 2. The maximum Gasteiger partial charge on any atom is 0.255 e. The van der Waals surface area contributed by atoms with Gasteiger partial charge in [-0.05, 0) is 55.2 Å². The maximum atomic E-state index is 12.6. The molecule has 1 N–H and O–H groups in total. The Balaban J connectivity index is 1.29. The molecule has 1 aliphatic rings. The van der Waals surface area contributed by atoms with Crippen molar-refractivity contribution in [3.05, 3.63) is 78.1 Å². The molecule has 1 atom stereocenters. The summed E-state index contributed by atoms with van der Waals surface area (Å²) < 4.78 is 13.3. The Morgan fingerprint density at radius 1 is 1.17 bits per heavy atom. The lowest BCUT2D eigenvalue weighted by Gasteiger charge is -2.14. The third-order valence-electron chi connectivity index (χ3n) is 4.98. The van der Waals surface area contributed by atoms with Gasteiger partial charge < -0.3 is 14.8 Å². The minimum absolute atomic E-state index is 0.121. The Bertz CT molecular complexity index is 917. The first-order chi connectivity index (χ1) is 14.3. The SMILES string of the molecule is O=C(NCCc1ccc(-n2cccn2)cc1)c1ccccc1OC[C@H]1CCCO1. The molecule has 6 nitrogen and oxygen atoms in total. The Labute approximate surface area is 170 Å². The lowest BCUT2D eigenvalue weighted by Crippen LogP contribution is -2.26. The summed E-state index contributed by atoms with van der Waals surface area (Å²) in [5, 5.41) is 7.21. The van der Waals surface area contributed by atoms with Crippen molar-refractivity contribution in [2.45, 2.75) is 25.4 Å². The normalized spacial score (nSPS) is 15.9. The molecule has 2 aromatic carbocycles. The van der Waals surface area contributed by atoms with Gasteiger partial charge in [0, 0.05) is 25.5 Å². The predicted molar refractivity (Wildman–Crippen MR) is 111 cm³/mol. The quantitative estimate of drug-likeness (QED) is 0.639. The highest BCUT2D eigenvalue weighted by atomic mass is 16.5. The zero-order chi connectivity index (χ0) is 19.9. The number of amides is 1. The van der Waals surface area contributed by atoms with Gasteiger partial charge in [-0.25, -0.2) is 4.68 Å². The molecule has 3 aromatic rings. The van der Waals surface area contributed by atoms with Gasteiger partial charge in [-0.1, -0.05) is 24.3 Å². The second kappa shape index (κ2) is 9.39. The molecule has 0 unspecified atom stereocenters. The van der Waals surface area contributed by atoms with Gasteiger partial charge in [0.15, 0.2) is 0 Å². The fourth-order valence-electron chi connectivity index (χ4n) is 3.39. The molecule has 1 amide bonds. The third-order valence-corrected chi connectivity index (χ3v) is 4.98. The first-order valence-corrected chi connectivity index (χ1v) is 10.0. The van der Waals surface area contributed by atoms with E-state index in [1.54, 1.807) is 12.3 Å². The van der Waals surface area contributed by atoms with Crippen LogP contribution in [-0.2, 0) is 11.2 Å². The summed E-state index contributed by atoms with van der Waals surface area (Å²) in [6.07, 6.45) is 6.62. The molecule has 150 valence electrons. The summed E-state index contributed by atoms with van der Waals surface area (Å²) >= 11 is 0. The van der Waals surface area contributed by atoms with Crippen LogP contribution in [0.4, 0.5) is 0 Å². The second-order valence-corrected chi connectivity index (χ2v) is 7.07. The third kappa shape index (κ3) is 5.03. The molecule has 1 saturated heterocycles. The van der Waals surface area contributed by atoms with Crippen LogP contribution in [0.25, 0.3) is 5.69 Å². The zero-order valence-electron chi connectivity index (χ0n) is 16.3.